The highest BCUT2D eigenvalue weighted by Gasteiger charge is 2.21. The molecule has 0 spiro atoms. The van der Waals surface area contributed by atoms with Gasteiger partial charge in [-0.15, -0.1) is 11.8 Å². The Kier molecular flexibility index (Phi) is 7.91. The Labute approximate surface area is 168 Å². The number of thioether (sulfide) groups is 1. The van der Waals surface area contributed by atoms with E-state index < -0.39 is 0 Å². The molecular formula is C21H25BrN2OS. The Morgan fingerprint density at radius 2 is 1.77 bits per heavy atom. The first-order valence-corrected chi connectivity index (χ1v) is 10.5. The van der Waals surface area contributed by atoms with E-state index in [9.17, 15) is 4.79 Å². The number of carbonyl (C=O) groups is 1. The van der Waals surface area contributed by atoms with Crippen LogP contribution in [0.15, 0.2) is 64.2 Å². The van der Waals surface area contributed by atoms with Crippen LogP contribution >= 0.6 is 27.7 Å². The molecule has 0 aliphatic carbocycles. The van der Waals surface area contributed by atoms with E-state index in [-0.39, 0.29) is 11.3 Å². The second kappa shape index (κ2) is 9.93. The average molecular weight is 433 g/mol. The summed E-state index contributed by atoms with van der Waals surface area (Å²) in [6.07, 6.45) is 0.793. The van der Waals surface area contributed by atoms with E-state index in [1.807, 2.05) is 43.3 Å². The summed E-state index contributed by atoms with van der Waals surface area (Å²) in [5.41, 5.74) is 6.03. The number of rotatable bonds is 8. The van der Waals surface area contributed by atoms with Crippen LogP contribution in [0.3, 0.4) is 0 Å². The first-order chi connectivity index (χ1) is 12.4. The fraction of sp³-hybridized carbons (Fsp3) is 0.333. The Hall–Kier alpha value is -1.59. The van der Waals surface area contributed by atoms with Crippen molar-refractivity contribution in [1.29, 1.82) is 0 Å². The number of carbonyl (C=O) groups excluding carboxylic acids is 1. The molecule has 0 unspecified atom stereocenters. The van der Waals surface area contributed by atoms with Gasteiger partial charge in [-0.2, -0.15) is 5.10 Å². The van der Waals surface area contributed by atoms with E-state index >= 15 is 0 Å². The summed E-state index contributed by atoms with van der Waals surface area (Å²) in [5, 5.41) is 4.27. The topological polar surface area (TPSA) is 41.5 Å². The van der Waals surface area contributed by atoms with E-state index in [0.29, 0.717) is 5.75 Å². The van der Waals surface area contributed by atoms with Crippen LogP contribution in [0, 0.1) is 0 Å². The van der Waals surface area contributed by atoms with E-state index in [1.54, 1.807) is 11.8 Å². The monoisotopic (exact) mass is 432 g/mol. The summed E-state index contributed by atoms with van der Waals surface area (Å²) in [7, 11) is 0. The number of hydrazone groups is 1. The fourth-order valence-electron chi connectivity index (χ4n) is 2.73. The molecular weight excluding hydrogens is 408 g/mol. The van der Waals surface area contributed by atoms with Gasteiger partial charge in [0.25, 0.3) is 0 Å². The van der Waals surface area contributed by atoms with E-state index in [1.165, 1.54) is 11.1 Å². The van der Waals surface area contributed by atoms with Crippen molar-refractivity contribution < 1.29 is 4.79 Å². The molecule has 0 aromatic heterocycles. The van der Waals surface area contributed by atoms with Crippen LogP contribution in [0.25, 0.3) is 0 Å². The normalized spacial score (nSPS) is 12.1. The van der Waals surface area contributed by atoms with E-state index in [4.69, 9.17) is 0 Å². The van der Waals surface area contributed by atoms with Crippen LogP contribution in [0.2, 0.25) is 0 Å². The quantitative estimate of drug-likeness (QED) is 0.439. The maximum atomic E-state index is 12.0. The molecule has 3 nitrogen and oxygen atoms in total. The maximum absolute atomic E-state index is 12.0. The molecule has 0 fully saturated rings. The van der Waals surface area contributed by atoms with Crippen LogP contribution in [-0.2, 0) is 16.0 Å². The van der Waals surface area contributed by atoms with Gasteiger partial charge in [0, 0.05) is 15.9 Å². The molecule has 2 aromatic carbocycles. The zero-order valence-corrected chi connectivity index (χ0v) is 17.9. The molecule has 0 bridgehead atoms. The number of nitrogens with one attached hydrogen (secondary N) is 1. The number of hydrogen-bond donors (Lipinski definition) is 1. The number of nitrogens with zero attached hydrogens (tertiary/aromatic N) is 1. The average Bonchev–Trinajstić information content (AvgIpc) is 2.62. The van der Waals surface area contributed by atoms with Crippen molar-refractivity contribution >= 4 is 39.3 Å². The predicted octanol–water partition coefficient (Wildman–Crippen LogP) is 5.54. The lowest BCUT2D eigenvalue weighted by Gasteiger charge is -2.25. The zero-order chi connectivity index (χ0) is 19.0. The molecule has 0 aliphatic heterocycles. The molecule has 0 aliphatic rings. The molecule has 0 saturated heterocycles. The van der Waals surface area contributed by atoms with Gasteiger partial charge in [-0.3, -0.25) is 4.79 Å². The lowest BCUT2D eigenvalue weighted by Crippen LogP contribution is -2.25. The Balaban J connectivity index is 1.79. The van der Waals surface area contributed by atoms with Crippen LogP contribution < -0.4 is 5.43 Å². The smallest absolute Gasteiger partial charge is 0.250 e. The second-order valence-electron chi connectivity index (χ2n) is 6.89. The summed E-state index contributed by atoms with van der Waals surface area (Å²) >= 11 is 5.10. The molecule has 26 heavy (non-hydrogen) atoms. The van der Waals surface area contributed by atoms with Gasteiger partial charge in [-0.05, 0) is 36.0 Å². The largest absolute Gasteiger partial charge is 0.272 e. The molecule has 0 atom stereocenters. The van der Waals surface area contributed by atoms with Gasteiger partial charge < -0.3 is 0 Å². The van der Waals surface area contributed by atoms with Gasteiger partial charge in [0.1, 0.15) is 0 Å². The molecule has 1 N–H and O–H groups in total. The van der Waals surface area contributed by atoms with Crippen LogP contribution in [-0.4, -0.2) is 17.4 Å². The van der Waals surface area contributed by atoms with Crippen molar-refractivity contribution in [2.75, 3.05) is 5.75 Å². The molecule has 0 radical (unpaired) electrons. The molecule has 0 heterocycles. The van der Waals surface area contributed by atoms with Gasteiger partial charge in [0.2, 0.25) is 5.91 Å². The molecule has 1 amide bonds. The van der Waals surface area contributed by atoms with Crippen LogP contribution in [0.4, 0.5) is 0 Å². The third-order valence-electron chi connectivity index (χ3n) is 4.07. The highest BCUT2D eigenvalue weighted by Crippen LogP contribution is 2.27. The van der Waals surface area contributed by atoms with Crippen molar-refractivity contribution in [3.8, 4) is 0 Å². The lowest BCUT2D eigenvalue weighted by molar-refractivity contribution is -0.118. The third kappa shape index (κ3) is 6.61. The fourth-order valence-corrected chi connectivity index (χ4v) is 4.16. The SMILES string of the molecule is C/C(CC(C)(C)c1ccccc1)=N\NC(=O)CSCc1ccccc1Br. The van der Waals surface area contributed by atoms with Crippen molar-refractivity contribution in [2.24, 2.45) is 5.10 Å². The van der Waals surface area contributed by atoms with Gasteiger partial charge >= 0.3 is 0 Å². The summed E-state index contributed by atoms with van der Waals surface area (Å²) < 4.78 is 1.07. The summed E-state index contributed by atoms with van der Waals surface area (Å²) in [6, 6.07) is 18.4. The molecule has 0 saturated carbocycles. The molecule has 2 rings (SSSR count). The molecule has 138 valence electrons. The maximum Gasteiger partial charge on any atom is 0.250 e. The first kappa shape index (κ1) is 20.7. The highest BCUT2D eigenvalue weighted by atomic mass is 79.9. The van der Waals surface area contributed by atoms with Gasteiger partial charge in [-0.1, -0.05) is 78.3 Å². The number of benzene rings is 2. The van der Waals surface area contributed by atoms with Gasteiger partial charge in [0.15, 0.2) is 0 Å². The lowest BCUT2D eigenvalue weighted by atomic mass is 9.80. The van der Waals surface area contributed by atoms with Crippen molar-refractivity contribution in [1.82, 2.24) is 5.43 Å². The predicted molar refractivity (Wildman–Crippen MR) is 116 cm³/mol. The van der Waals surface area contributed by atoms with Crippen molar-refractivity contribution in [3.05, 3.63) is 70.2 Å². The number of amides is 1. The minimum Gasteiger partial charge on any atom is -0.272 e. The zero-order valence-electron chi connectivity index (χ0n) is 15.5. The summed E-state index contributed by atoms with van der Waals surface area (Å²) in [6.45, 7) is 6.34. The van der Waals surface area contributed by atoms with Crippen molar-refractivity contribution in [2.45, 2.75) is 38.4 Å². The standard InChI is InChI=1S/C21H25BrN2OS/c1-16(13-21(2,3)18-10-5-4-6-11-18)23-24-20(25)15-26-14-17-9-7-8-12-19(17)22/h4-12H,13-15H2,1-3H3,(H,24,25)/b23-16+. The molecule has 2 aromatic rings. The van der Waals surface area contributed by atoms with Gasteiger partial charge in [-0.25, -0.2) is 5.43 Å². The van der Waals surface area contributed by atoms with Crippen LogP contribution in [0.5, 0.6) is 0 Å². The first-order valence-electron chi connectivity index (χ1n) is 8.57. The summed E-state index contributed by atoms with van der Waals surface area (Å²) in [4.78, 5) is 12.0. The number of hydrogen-bond acceptors (Lipinski definition) is 3. The minimum absolute atomic E-state index is 0.0199. The minimum atomic E-state index is -0.0704. The number of halogens is 1. The summed E-state index contributed by atoms with van der Waals surface area (Å²) in [5.74, 6) is 1.11. The Morgan fingerprint density at radius 1 is 1.12 bits per heavy atom. The highest BCUT2D eigenvalue weighted by molar-refractivity contribution is 9.10. The Morgan fingerprint density at radius 3 is 2.46 bits per heavy atom. The third-order valence-corrected chi connectivity index (χ3v) is 5.83. The van der Waals surface area contributed by atoms with Crippen molar-refractivity contribution in [3.63, 3.8) is 0 Å². The van der Waals surface area contributed by atoms with E-state index in [2.05, 4.69) is 58.5 Å². The Bertz CT molecular complexity index is 760. The van der Waals surface area contributed by atoms with Crippen LogP contribution in [0.1, 0.15) is 38.3 Å². The van der Waals surface area contributed by atoms with E-state index in [0.717, 1.165) is 22.4 Å². The second-order valence-corrected chi connectivity index (χ2v) is 8.73. The van der Waals surface area contributed by atoms with Gasteiger partial charge in [0.05, 0.1) is 5.75 Å². The molecule has 5 heteroatoms.